The summed E-state index contributed by atoms with van der Waals surface area (Å²) in [6, 6.07) is 5.19. The number of rotatable bonds is 6. The number of carbonyl (C=O) groups is 2. The van der Waals surface area contributed by atoms with Crippen molar-refractivity contribution in [2.45, 2.75) is 44.2 Å². The monoisotopic (exact) mass is 355 g/mol. The van der Waals surface area contributed by atoms with Crippen LogP contribution in [-0.4, -0.2) is 39.1 Å². The lowest BCUT2D eigenvalue weighted by atomic mass is 10.1. The van der Waals surface area contributed by atoms with E-state index in [-0.39, 0.29) is 23.8 Å². The van der Waals surface area contributed by atoms with Gasteiger partial charge < -0.3 is 9.47 Å². The molecule has 2 atom stereocenters. The van der Waals surface area contributed by atoms with Crippen molar-refractivity contribution in [1.29, 1.82) is 0 Å². The van der Waals surface area contributed by atoms with Gasteiger partial charge in [0.05, 0.1) is 11.5 Å². The van der Waals surface area contributed by atoms with Crippen molar-refractivity contribution in [3.05, 3.63) is 29.8 Å². The molecule has 1 saturated heterocycles. The van der Waals surface area contributed by atoms with Gasteiger partial charge in [-0.1, -0.05) is 31.5 Å². The summed E-state index contributed by atoms with van der Waals surface area (Å²) in [7, 11) is -3.88. The van der Waals surface area contributed by atoms with Crippen LogP contribution in [0.15, 0.2) is 29.2 Å². The molecule has 1 heterocycles. The molecule has 0 aliphatic carbocycles. The molecule has 0 unspecified atom stereocenters. The third-order valence-electron chi connectivity index (χ3n) is 3.68. The average Bonchev–Trinajstić information content (AvgIpc) is 2.90. The van der Waals surface area contributed by atoms with E-state index in [9.17, 15) is 18.0 Å². The molecule has 1 aliphatic heterocycles. The second-order valence-corrected chi connectivity index (χ2v) is 7.75. The molecule has 1 aliphatic rings. The van der Waals surface area contributed by atoms with E-state index >= 15 is 0 Å². The SMILES string of the molecule is Cc1ccc(S(=O)(=O)N[C@H](C(=O)O[C@H]2CCOC2=O)C(C)C)cc1. The number of carbonyl (C=O) groups excluding carboxylic acids is 2. The first-order chi connectivity index (χ1) is 11.2. The first kappa shape index (κ1) is 18.4. The summed E-state index contributed by atoms with van der Waals surface area (Å²) in [6.07, 6.45) is -0.692. The fourth-order valence-electron chi connectivity index (χ4n) is 2.21. The van der Waals surface area contributed by atoms with Crippen LogP contribution in [0.4, 0.5) is 0 Å². The van der Waals surface area contributed by atoms with Crippen LogP contribution in [0.3, 0.4) is 0 Å². The van der Waals surface area contributed by atoms with Gasteiger partial charge in [0, 0.05) is 6.42 Å². The van der Waals surface area contributed by atoms with Crippen LogP contribution < -0.4 is 4.72 Å². The van der Waals surface area contributed by atoms with Crippen molar-refractivity contribution in [3.63, 3.8) is 0 Å². The fourth-order valence-corrected chi connectivity index (χ4v) is 3.54. The summed E-state index contributed by atoms with van der Waals surface area (Å²) >= 11 is 0. The first-order valence-electron chi connectivity index (χ1n) is 7.67. The second-order valence-electron chi connectivity index (χ2n) is 6.04. The van der Waals surface area contributed by atoms with E-state index in [1.54, 1.807) is 26.0 Å². The van der Waals surface area contributed by atoms with Crippen LogP contribution in [0.1, 0.15) is 25.8 Å². The highest BCUT2D eigenvalue weighted by Crippen LogP contribution is 2.16. The third kappa shape index (κ3) is 4.33. The fraction of sp³-hybridized carbons (Fsp3) is 0.500. The van der Waals surface area contributed by atoms with Gasteiger partial charge in [0.2, 0.25) is 16.1 Å². The number of benzene rings is 1. The molecule has 1 aromatic rings. The van der Waals surface area contributed by atoms with Gasteiger partial charge in [-0.05, 0) is 25.0 Å². The molecular formula is C16H21NO6S. The van der Waals surface area contributed by atoms with E-state index in [0.29, 0.717) is 0 Å². The van der Waals surface area contributed by atoms with Crippen molar-refractivity contribution in [2.75, 3.05) is 6.61 Å². The molecule has 0 saturated carbocycles. The Bertz CT molecular complexity index is 711. The number of hydrogen-bond acceptors (Lipinski definition) is 6. The van der Waals surface area contributed by atoms with Crippen LogP contribution in [0, 0.1) is 12.8 Å². The van der Waals surface area contributed by atoms with Crippen molar-refractivity contribution >= 4 is 22.0 Å². The minimum absolute atomic E-state index is 0.0619. The Kier molecular flexibility index (Phi) is 5.61. The largest absolute Gasteiger partial charge is 0.463 e. The van der Waals surface area contributed by atoms with Gasteiger partial charge in [0.25, 0.3) is 0 Å². The van der Waals surface area contributed by atoms with Gasteiger partial charge in [-0.3, -0.25) is 4.79 Å². The molecule has 0 aromatic heterocycles. The molecular weight excluding hydrogens is 334 g/mol. The van der Waals surface area contributed by atoms with Gasteiger partial charge in [0.15, 0.2) is 0 Å². The number of ether oxygens (including phenoxy) is 2. The van der Waals surface area contributed by atoms with Crippen LogP contribution in [0.5, 0.6) is 0 Å². The van der Waals surface area contributed by atoms with Gasteiger partial charge in [-0.2, -0.15) is 4.72 Å². The zero-order valence-corrected chi connectivity index (χ0v) is 14.6. The molecule has 1 N–H and O–H groups in total. The smallest absolute Gasteiger partial charge is 0.347 e. The number of nitrogens with one attached hydrogen (secondary N) is 1. The summed E-state index contributed by atoms with van der Waals surface area (Å²) in [4.78, 5) is 23.8. The topological polar surface area (TPSA) is 98.8 Å². The molecule has 0 bridgehead atoms. The van der Waals surface area contributed by atoms with E-state index in [0.717, 1.165) is 5.56 Å². The lowest BCUT2D eigenvalue weighted by molar-refractivity contribution is -0.162. The summed E-state index contributed by atoms with van der Waals surface area (Å²) in [5, 5.41) is 0. The van der Waals surface area contributed by atoms with Gasteiger partial charge in [-0.15, -0.1) is 0 Å². The molecule has 8 heteroatoms. The van der Waals surface area contributed by atoms with Crippen LogP contribution in [0.25, 0.3) is 0 Å². The van der Waals surface area contributed by atoms with Gasteiger partial charge in [-0.25, -0.2) is 13.2 Å². The van der Waals surface area contributed by atoms with Crippen LogP contribution >= 0.6 is 0 Å². The van der Waals surface area contributed by atoms with E-state index < -0.39 is 34.1 Å². The van der Waals surface area contributed by atoms with Crippen molar-refractivity contribution < 1.29 is 27.5 Å². The van der Waals surface area contributed by atoms with E-state index in [1.165, 1.54) is 12.1 Å². The summed E-state index contributed by atoms with van der Waals surface area (Å²) < 4.78 is 37.1. The lowest BCUT2D eigenvalue weighted by Gasteiger charge is -2.22. The maximum atomic E-state index is 12.5. The highest BCUT2D eigenvalue weighted by Gasteiger charge is 2.35. The molecule has 0 spiro atoms. The Morgan fingerprint density at radius 1 is 1.29 bits per heavy atom. The van der Waals surface area contributed by atoms with Crippen molar-refractivity contribution in [2.24, 2.45) is 5.92 Å². The number of hydrogen-bond donors (Lipinski definition) is 1. The Labute approximate surface area is 141 Å². The summed E-state index contributed by atoms with van der Waals surface area (Å²) in [5.41, 5.74) is 0.925. The maximum Gasteiger partial charge on any atom is 0.347 e. The minimum atomic E-state index is -3.88. The maximum absolute atomic E-state index is 12.5. The summed E-state index contributed by atoms with van der Waals surface area (Å²) in [6.45, 7) is 5.42. The lowest BCUT2D eigenvalue weighted by Crippen LogP contribution is -2.46. The first-order valence-corrected chi connectivity index (χ1v) is 9.15. The highest BCUT2D eigenvalue weighted by atomic mass is 32.2. The van der Waals surface area contributed by atoms with Crippen LogP contribution in [0.2, 0.25) is 0 Å². The molecule has 7 nitrogen and oxygen atoms in total. The normalized spacial score (nSPS) is 19.2. The van der Waals surface area contributed by atoms with E-state index in [2.05, 4.69) is 4.72 Å². The van der Waals surface area contributed by atoms with Gasteiger partial charge >= 0.3 is 11.9 Å². The molecule has 2 rings (SSSR count). The minimum Gasteiger partial charge on any atom is -0.463 e. The Morgan fingerprint density at radius 3 is 2.42 bits per heavy atom. The molecule has 1 aromatic carbocycles. The Hall–Kier alpha value is -1.93. The highest BCUT2D eigenvalue weighted by molar-refractivity contribution is 7.89. The predicted molar refractivity (Wildman–Crippen MR) is 85.6 cm³/mol. The van der Waals surface area contributed by atoms with E-state index in [4.69, 9.17) is 9.47 Å². The van der Waals surface area contributed by atoms with Crippen molar-refractivity contribution in [1.82, 2.24) is 4.72 Å². The predicted octanol–water partition coefficient (Wildman–Crippen LogP) is 1.16. The van der Waals surface area contributed by atoms with Gasteiger partial charge in [0.1, 0.15) is 6.04 Å². The quantitative estimate of drug-likeness (QED) is 0.769. The third-order valence-corrected chi connectivity index (χ3v) is 5.14. The molecule has 0 amide bonds. The number of esters is 2. The Balaban J connectivity index is 2.13. The molecule has 132 valence electrons. The van der Waals surface area contributed by atoms with Crippen molar-refractivity contribution in [3.8, 4) is 0 Å². The van der Waals surface area contributed by atoms with E-state index in [1.807, 2.05) is 6.92 Å². The molecule has 0 radical (unpaired) electrons. The molecule has 24 heavy (non-hydrogen) atoms. The Morgan fingerprint density at radius 2 is 1.92 bits per heavy atom. The zero-order valence-electron chi connectivity index (χ0n) is 13.8. The molecule has 1 fully saturated rings. The standard InChI is InChI=1S/C16H21NO6S/c1-10(2)14(16(19)23-13-8-9-22-15(13)18)17-24(20,21)12-6-4-11(3)5-7-12/h4-7,10,13-14,17H,8-9H2,1-3H3/t13-,14-/m0/s1. The van der Waals surface area contributed by atoms with Crippen LogP contribution in [-0.2, 0) is 29.1 Å². The number of cyclic esters (lactones) is 1. The second kappa shape index (κ2) is 7.31. The average molecular weight is 355 g/mol. The number of aryl methyl sites for hydroxylation is 1. The zero-order chi connectivity index (χ0) is 17.9. The summed E-state index contributed by atoms with van der Waals surface area (Å²) in [5.74, 6) is -1.74. The number of sulfonamides is 1.